The molecule has 1 fully saturated rings. The van der Waals surface area contributed by atoms with Crippen LogP contribution in [0.25, 0.3) is 0 Å². The maximum Gasteiger partial charge on any atom is 0.150 e. The molecule has 1 rings (SSSR count). The van der Waals surface area contributed by atoms with Crippen LogP contribution in [0.2, 0.25) is 0 Å². The molecule has 11 heavy (non-hydrogen) atoms. The van der Waals surface area contributed by atoms with Gasteiger partial charge in [0.05, 0.1) is 0 Å². The molecule has 0 radical (unpaired) electrons. The fraction of sp³-hybridized carbons (Fsp3) is 0.778. The van der Waals surface area contributed by atoms with Gasteiger partial charge in [0.1, 0.15) is 5.60 Å². The first-order valence-corrected chi connectivity index (χ1v) is 3.83. The standard InChI is InChI=1S/C9H15NO/c1-5-9(11)6-10(7-9)8(2,3)4/h1,11H,6-7H2,2-4H3. The molecule has 0 amide bonds. The van der Waals surface area contributed by atoms with Crippen molar-refractivity contribution < 1.29 is 5.11 Å². The normalized spacial score (nSPS) is 23.9. The Balaban J connectivity index is 2.49. The smallest absolute Gasteiger partial charge is 0.150 e. The van der Waals surface area contributed by atoms with Crippen LogP contribution >= 0.6 is 0 Å². The van der Waals surface area contributed by atoms with Crippen LogP contribution in [-0.4, -0.2) is 34.2 Å². The molecule has 0 aromatic heterocycles. The van der Waals surface area contributed by atoms with E-state index in [0.717, 1.165) is 0 Å². The van der Waals surface area contributed by atoms with Crippen LogP contribution in [0.3, 0.4) is 0 Å². The third-order valence-corrected chi connectivity index (χ3v) is 2.12. The average Bonchev–Trinajstić information content (AvgIpc) is 1.78. The third kappa shape index (κ3) is 1.55. The molecular weight excluding hydrogens is 138 g/mol. The minimum Gasteiger partial charge on any atom is -0.375 e. The Bertz CT molecular complexity index is 191. The minimum atomic E-state index is -0.854. The lowest BCUT2D eigenvalue weighted by Gasteiger charge is -2.50. The van der Waals surface area contributed by atoms with Gasteiger partial charge in [-0.05, 0) is 20.8 Å². The van der Waals surface area contributed by atoms with E-state index < -0.39 is 5.60 Å². The van der Waals surface area contributed by atoms with E-state index in [-0.39, 0.29) is 5.54 Å². The van der Waals surface area contributed by atoms with Gasteiger partial charge in [-0.15, -0.1) is 6.42 Å². The number of terminal acetylenes is 1. The Hall–Kier alpha value is -0.520. The van der Waals surface area contributed by atoms with Crippen LogP contribution < -0.4 is 0 Å². The Morgan fingerprint density at radius 2 is 1.91 bits per heavy atom. The summed E-state index contributed by atoms with van der Waals surface area (Å²) in [6, 6.07) is 0. The van der Waals surface area contributed by atoms with Crippen LogP contribution in [-0.2, 0) is 0 Å². The van der Waals surface area contributed by atoms with Gasteiger partial charge in [-0.1, -0.05) is 5.92 Å². The van der Waals surface area contributed by atoms with Gasteiger partial charge in [0, 0.05) is 18.6 Å². The molecule has 0 aliphatic carbocycles. The second-order valence-corrected chi connectivity index (χ2v) is 4.20. The molecule has 0 atom stereocenters. The summed E-state index contributed by atoms with van der Waals surface area (Å²) in [5.41, 5.74) is -0.726. The molecule has 1 saturated heterocycles. The Morgan fingerprint density at radius 1 is 1.45 bits per heavy atom. The molecule has 62 valence electrons. The molecule has 1 aliphatic rings. The molecule has 0 aromatic carbocycles. The zero-order valence-corrected chi connectivity index (χ0v) is 7.39. The number of hydrogen-bond acceptors (Lipinski definition) is 2. The molecule has 0 unspecified atom stereocenters. The van der Waals surface area contributed by atoms with Gasteiger partial charge in [0.2, 0.25) is 0 Å². The van der Waals surface area contributed by atoms with Crippen LogP contribution in [0.4, 0.5) is 0 Å². The highest BCUT2D eigenvalue weighted by Gasteiger charge is 2.44. The number of likely N-dealkylation sites (tertiary alicyclic amines) is 1. The van der Waals surface area contributed by atoms with Gasteiger partial charge < -0.3 is 5.11 Å². The molecule has 1 aliphatic heterocycles. The summed E-state index contributed by atoms with van der Waals surface area (Å²) in [5.74, 6) is 2.39. The van der Waals surface area contributed by atoms with Crippen molar-refractivity contribution in [2.45, 2.75) is 31.9 Å². The fourth-order valence-electron chi connectivity index (χ4n) is 1.15. The summed E-state index contributed by atoms with van der Waals surface area (Å²) in [6.45, 7) is 7.55. The summed E-state index contributed by atoms with van der Waals surface area (Å²) < 4.78 is 0. The van der Waals surface area contributed by atoms with Gasteiger partial charge >= 0.3 is 0 Å². The van der Waals surface area contributed by atoms with Crippen LogP contribution in [0.15, 0.2) is 0 Å². The second-order valence-electron chi connectivity index (χ2n) is 4.20. The van der Waals surface area contributed by atoms with Crippen molar-refractivity contribution in [3.05, 3.63) is 0 Å². The van der Waals surface area contributed by atoms with Crippen LogP contribution in [0.5, 0.6) is 0 Å². The van der Waals surface area contributed by atoms with Crippen molar-refractivity contribution in [1.82, 2.24) is 4.90 Å². The average molecular weight is 153 g/mol. The number of nitrogens with zero attached hydrogens (tertiary/aromatic N) is 1. The molecule has 0 bridgehead atoms. The van der Waals surface area contributed by atoms with E-state index >= 15 is 0 Å². The van der Waals surface area contributed by atoms with Gasteiger partial charge in [-0.3, -0.25) is 4.90 Å². The Morgan fingerprint density at radius 3 is 2.18 bits per heavy atom. The number of β-amino-alcohol motifs (C(OH)–C–C–N with tert-alkyl or cyclic N) is 1. The number of hydrogen-bond donors (Lipinski definition) is 1. The topological polar surface area (TPSA) is 23.5 Å². The molecule has 2 nitrogen and oxygen atoms in total. The van der Waals surface area contributed by atoms with Gasteiger partial charge in [-0.25, -0.2) is 0 Å². The van der Waals surface area contributed by atoms with E-state index in [1.54, 1.807) is 0 Å². The lowest BCUT2D eigenvalue weighted by atomic mass is 9.89. The summed E-state index contributed by atoms with van der Waals surface area (Å²) in [7, 11) is 0. The zero-order chi connectivity index (χ0) is 8.70. The predicted octanol–water partition coefficient (Wildman–Crippen LogP) is 0.465. The first kappa shape index (κ1) is 8.58. The monoisotopic (exact) mass is 153 g/mol. The highest BCUT2D eigenvalue weighted by Crippen LogP contribution is 2.27. The highest BCUT2D eigenvalue weighted by molar-refractivity contribution is 5.17. The quantitative estimate of drug-likeness (QED) is 0.511. The molecule has 2 heteroatoms. The predicted molar refractivity (Wildman–Crippen MR) is 45.1 cm³/mol. The molecule has 0 aromatic rings. The maximum atomic E-state index is 9.47. The van der Waals surface area contributed by atoms with Crippen LogP contribution in [0, 0.1) is 12.3 Å². The zero-order valence-electron chi connectivity index (χ0n) is 7.39. The van der Waals surface area contributed by atoms with Crippen LogP contribution in [0.1, 0.15) is 20.8 Å². The van der Waals surface area contributed by atoms with Crippen molar-refractivity contribution in [2.75, 3.05) is 13.1 Å². The summed E-state index contributed by atoms with van der Waals surface area (Å²) in [6.07, 6.45) is 5.15. The third-order valence-electron chi connectivity index (χ3n) is 2.12. The van der Waals surface area contributed by atoms with Crippen molar-refractivity contribution in [3.63, 3.8) is 0 Å². The fourth-order valence-corrected chi connectivity index (χ4v) is 1.15. The number of aliphatic hydroxyl groups is 1. The van der Waals surface area contributed by atoms with E-state index in [9.17, 15) is 5.11 Å². The number of rotatable bonds is 0. The second kappa shape index (κ2) is 2.23. The van der Waals surface area contributed by atoms with Crippen molar-refractivity contribution in [3.8, 4) is 12.3 Å². The molecule has 1 N–H and O–H groups in total. The lowest BCUT2D eigenvalue weighted by Crippen LogP contribution is -2.66. The van der Waals surface area contributed by atoms with Gasteiger partial charge in [-0.2, -0.15) is 0 Å². The summed E-state index contributed by atoms with van der Waals surface area (Å²) >= 11 is 0. The van der Waals surface area contributed by atoms with E-state index in [2.05, 4.69) is 31.6 Å². The first-order chi connectivity index (χ1) is 4.87. The summed E-state index contributed by atoms with van der Waals surface area (Å²) in [4.78, 5) is 2.16. The van der Waals surface area contributed by atoms with E-state index in [1.807, 2.05) is 0 Å². The Kier molecular flexibility index (Phi) is 1.74. The first-order valence-electron chi connectivity index (χ1n) is 3.83. The van der Waals surface area contributed by atoms with Crippen molar-refractivity contribution in [2.24, 2.45) is 0 Å². The summed E-state index contributed by atoms with van der Waals surface area (Å²) in [5, 5.41) is 9.47. The lowest BCUT2D eigenvalue weighted by molar-refractivity contribution is -0.0937. The van der Waals surface area contributed by atoms with Crippen molar-refractivity contribution >= 4 is 0 Å². The SMILES string of the molecule is C#CC1(O)CN(C(C)(C)C)C1. The van der Waals surface area contributed by atoms with E-state index in [4.69, 9.17) is 6.42 Å². The Labute approximate surface area is 68.2 Å². The molecule has 0 spiro atoms. The maximum absolute atomic E-state index is 9.47. The van der Waals surface area contributed by atoms with Crippen molar-refractivity contribution in [1.29, 1.82) is 0 Å². The molecule has 1 heterocycles. The molecular formula is C9H15NO. The van der Waals surface area contributed by atoms with E-state index in [1.165, 1.54) is 0 Å². The highest BCUT2D eigenvalue weighted by atomic mass is 16.3. The van der Waals surface area contributed by atoms with E-state index in [0.29, 0.717) is 13.1 Å². The minimum absolute atomic E-state index is 0.128. The van der Waals surface area contributed by atoms with Gasteiger partial charge in [0.25, 0.3) is 0 Å². The molecule has 0 saturated carbocycles. The van der Waals surface area contributed by atoms with Gasteiger partial charge in [0.15, 0.2) is 0 Å². The largest absolute Gasteiger partial charge is 0.375 e.